The number of ether oxygens (including phenoxy) is 1. The van der Waals surface area contributed by atoms with Crippen LogP contribution in [0.15, 0.2) is 18.3 Å². The Morgan fingerprint density at radius 3 is 3.06 bits per heavy atom. The Morgan fingerprint density at radius 2 is 2.47 bits per heavy atom. The summed E-state index contributed by atoms with van der Waals surface area (Å²) in [6.07, 6.45) is 3.86. The number of hydrogen-bond acceptors (Lipinski definition) is 5. The Bertz CT molecular complexity index is 372. The van der Waals surface area contributed by atoms with Crippen molar-refractivity contribution in [2.24, 2.45) is 0 Å². The van der Waals surface area contributed by atoms with E-state index in [1.165, 1.54) is 19.7 Å². The minimum absolute atomic E-state index is 0.358. The number of pyridine rings is 1. The van der Waals surface area contributed by atoms with Gasteiger partial charge in [0.1, 0.15) is 5.82 Å². The molecule has 0 spiro atoms. The third kappa shape index (κ3) is 3.17. The molecule has 2 N–H and O–H groups in total. The van der Waals surface area contributed by atoms with Crippen LogP contribution in [0.2, 0.25) is 0 Å². The number of esters is 1. The molecule has 0 radical (unpaired) electrons. The van der Waals surface area contributed by atoms with E-state index in [1.807, 2.05) is 0 Å². The first kappa shape index (κ1) is 11.9. The van der Waals surface area contributed by atoms with Gasteiger partial charge in [-0.05, 0) is 31.5 Å². The van der Waals surface area contributed by atoms with Crippen molar-refractivity contribution in [2.45, 2.75) is 18.9 Å². The number of rotatable bonds is 3. The topological polar surface area (TPSA) is 63.2 Å². The molecule has 92 valence electrons. The lowest BCUT2D eigenvalue weighted by Gasteiger charge is -2.24. The lowest BCUT2D eigenvalue weighted by Crippen LogP contribution is -2.38. The summed E-state index contributed by atoms with van der Waals surface area (Å²) in [5, 5.41) is 6.67. The Balaban J connectivity index is 1.95. The number of aromatic nitrogens is 1. The monoisotopic (exact) mass is 235 g/mol. The number of anilines is 1. The largest absolute Gasteiger partial charge is 0.465 e. The number of nitrogens with one attached hydrogen (secondary N) is 2. The molecule has 0 bridgehead atoms. The van der Waals surface area contributed by atoms with Gasteiger partial charge in [-0.2, -0.15) is 0 Å². The van der Waals surface area contributed by atoms with E-state index in [1.54, 1.807) is 12.1 Å². The predicted octanol–water partition coefficient (Wildman–Crippen LogP) is 1.03. The van der Waals surface area contributed by atoms with Crippen LogP contribution in [0, 0.1) is 0 Å². The highest BCUT2D eigenvalue weighted by molar-refractivity contribution is 5.89. The quantitative estimate of drug-likeness (QED) is 0.766. The van der Waals surface area contributed by atoms with Crippen LogP contribution in [-0.4, -0.2) is 37.2 Å². The van der Waals surface area contributed by atoms with E-state index < -0.39 is 0 Å². The molecule has 0 aromatic carbocycles. The van der Waals surface area contributed by atoms with E-state index in [4.69, 9.17) is 0 Å². The highest BCUT2D eigenvalue weighted by Crippen LogP contribution is 2.11. The molecule has 2 rings (SSSR count). The van der Waals surface area contributed by atoms with E-state index in [0.717, 1.165) is 25.3 Å². The number of nitrogens with zero attached hydrogens (tertiary/aromatic N) is 1. The van der Waals surface area contributed by atoms with Crippen LogP contribution in [0.4, 0.5) is 5.82 Å². The first-order chi connectivity index (χ1) is 8.29. The molecule has 5 nitrogen and oxygen atoms in total. The molecule has 1 saturated heterocycles. The molecular formula is C12H17N3O2. The average Bonchev–Trinajstić information content (AvgIpc) is 2.40. The Labute approximate surface area is 101 Å². The molecule has 5 heteroatoms. The molecule has 17 heavy (non-hydrogen) atoms. The first-order valence-electron chi connectivity index (χ1n) is 5.81. The minimum atomic E-state index is -0.358. The van der Waals surface area contributed by atoms with Gasteiger partial charge in [-0.15, -0.1) is 0 Å². The summed E-state index contributed by atoms with van der Waals surface area (Å²) in [4.78, 5) is 15.4. The lowest BCUT2D eigenvalue weighted by atomic mass is 10.1. The van der Waals surface area contributed by atoms with Gasteiger partial charge in [-0.1, -0.05) is 0 Å². The molecule has 1 aliphatic heterocycles. The lowest BCUT2D eigenvalue weighted by molar-refractivity contribution is 0.0600. The molecular weight excluding hydrogens is 218 g/mol. The molecule has 1 aromatic rings. The van der Waals surface area contributed by atoms with Gasteiger partial charge in [0, 0.05) is 18.8 Å². The smallest absolute Gasteiger partial charge is 0.339 e. The predicted molar refractivity (Wildman–Crippen MR) is 65.1 cm³/mol. The average molecular weight is 235 g/mol. The Hall–Kier alpha value is -1.62. The normalized spacial score (nSPS) is 19.7. The van der Waals surface area contributed by atoms with Crippen LogP contribution in [0.3, 0.4) is 0 Å². The van der Waals surface area contributed by atoms with Crippen molar-refractivity contribution >= 4 is 11.8 Å². The zero-order valence-corrected chi connectivity index (χ0v) is 9.90. The second-order valence-electron chi connectivity index (χ2n) is 4.11. The van der Waals surface area contributed by atoms with Gasteiger partial charge < -0.3 is 15.4 Å². The third-order valence-electron chi connectivity index (χ3n) is 2.83. The van der Waals surface area contributed by atoms with Gasteiger partial charge in [-0.3, -0.25) is 0 Å². The van der Waals surface area contributed by atoms with Gasteiger partial charge in [0.15, 0.2) is 0 Å². The highest BCUT2D eigenvalue weighted by Gasteiger charge is 2.13. The number of piperidine rings is 1. The first-order valence-corrected chi connectivity index (χ1v) is 5.81. The summed E-state index contributed by atoms with van der Waals surface area (Å²) in [7, 11) is 1.36. The van der Waals surface area contributed by atoms with E-state index in [2.05, 4.69) is 20.4 Å². The van der Waals surface area contributed by atoms with E-state index in [0.29, 0.717) is 11.6 Å². The molecule has 1 atom stereocenters. The molecule has 1 unspecified atom stereocenters. The summed E-state index contributed by atoms with van der Waals surface area (Å²) in [6, 6.07) is 3.94. The van der Waals surface area contributed by atoms with Gasteiger partial charge in [0.2, 0.25) is 0 Å². The standard InChI is InChI=1S/C12H17N3O2/c1-17-12(16)9-4-5-11(14-7-9)15-10-3-2-6-13-8-10/h4-5,7,10,13H,2-3,6,8H2,1H3,(H,14,15). The van der Waals surface area contributed by atoms with Gasteiger partial charge in [0.25, 0.3) is 0 Å². The third-order valence-corrected chi connectivity index (χ3v) is 2.83. The maximum atomic E-state index is 11.2. The highest BCUT2D eigenvalue weighted by atomic mass is 16.5. The zero-order valence-electron chi connectivity index (χ0n) is 9.90. The van der Waals surface area contributed by atoms with Gasteiger partial charge in [-0.25, -0.2) is 9.78 Å². The zero-order chi connectivity index (χ0) is 12.1. The second kappa shape index (κ2) is 5.63. The van der Waals surface area contributed by atoms with E-state index in [-0.39, 0.29) is 5.97 Å². The van der Waals surface area contributed by atoms with Gasteiger partial charge >= 0.3 is 5.97 Å². The molecule has 0 saturated carbocycles. The van der Waals surface area contributed by atoms with Crippen molar-refractivity contribution in [3.8, 4) is 0 Å². The number of carbonyl (C=O) groups is 1. The fraction of sp³-hybridized carbons (Fsp3) is 0.500. The summed E-state index contributed by atoms with van der Waals surface area (Å²) >= 11 is 0. The van der Waals surface area contributed by atoms with Crippen molar-refractivity contribution in [2.75, 3.05) is 25.5 Å². The molecule has 1 aliphatic rings. The fourth-order valence-corrected chi connectivity index (χ4v) is 1.90. The van der Waals surface area contributed by atoms with Crippen molar-refractivity contribution in [1.29, 1.82) is 0 Å². The number of methoxy groups -OCH3 is 1. The molecule has 1 aromatic heterocycles. The minimum Gasteiger partial charge on any atom is -0.465 e. The maximum Gasteiger partial charge on any atom is 0.339 e. The second-order valence-corrected chi connectivity index (χ2v) is 4.11. The van der Waals surface area contributed by atoms with E-state index in [9.17, 15) is 4.79 Å². The van der Waals surface area contributed by atoms with E-state index >= 15 is 0 Å². The van der Waals surface area contributed by atoms with Crippen molar-refractivity contribution in [3.05, 3.63) is 23.9 Å². The van der Waals surface area contributed by atoms with Crippen LogP contribution in [-0.2, 0) is 4.74 Å². The molecule has 1 fully saturated rings. The SMILES string of the molecule is COC(=O)c1ccc(NC2CCCNC2)nc1. The Kier molecular flexibility index (Phi) is 3.93. The van der Waals surface area contributed by atoms with Crippen LogP contribution < -0.4 is 10.6 Å². The van der Waals surface area contributed by atoms with Crippen LogP contribution in [0.1, 0.15) is 23.2 Å². The van der Waals surface area contributed by atoms with Crippen LogP contribution in [0.25, 0.3) is 0 Å². The van der Waals surface area contributed by atoms with Crippen LogP contribution >= 0.6 is 0 Å². The molecule has 0 aliphatic carbocycles. The summed E-state index contributed by atoms with van der Waals surface area (Å²) < 4.78 is 4.62. The summed E-state index contributed by atoms with van der Waals surface area (Å²) in [5.41, 5.74) is 0.472. The van der Waals surface area contributed by atoms with Crippen molar-refractivity contribution in [1.82, 2.24) is 10.3 Å². The summed E-state index contributed by atoms with van der Waals surface area (Å²) in [6.45, 7) is 2.05. The fourth-order valence-electron chi connectivity index (χ4n) is 1.90. The molecule has 2 heterocycles. The Morgan fingerprint density at radius 1 is 1.59 bits per heavy atom. The van der Waals surface area contributed by atoms with Crippen molar-refractivity contribution in [3.63, 3.8) is 0 Å². The molecule has 0 amide bonds. The number of hydrogen-bond donors (Lipinski definition) is 2. The van der Waals surface area contributed by atoms with Gasteiger partial charge in [0.05, 0.1) is 12.7 Å². The maximum absolute atomic E-state index is 11.2. The van der Waals surface area contributed by atoms with Crippen LogP contribution in [0.5, 0.6) is 0 Å². The summed E-state index contributed by atoms with van der Waals surface area (Å²) in [5.74, 6) is 0.440. The number of carbonyl (C=O) groups excluding carboxylic acids is 1. The van der Waals surface area contributed by atoms with Crippen molar-refractivity contribution < 1.29 is 9.53 Å².